The lowest BCUT2D eigenvalue weighted by molar-refractivity contribution is -0.193. The number of benzene rings is 1. The second kappa shape index (κ2) is 8.93. The van der Waals surface area contributed by atoms with Crippen molar-refractivity contribution in [2.24, 2.45) is 11.7 Å². The zero-order valence-electron chi connectivity index (χ0n) is 14.0. The van der Waals surface area contributed by atoms with Gasteiger partial charge in [0.15, 0.2) is 6.04 Å². The van der Waals surface area contributed by atoms with Gasteiger partial charge in [0.2, 0.25) is 5.91 Å². The first-order chi connectivity index (χ1) is 12.3. The molecule has 4 nitrogen and oxygen atoms in total. The topological polar surface area (TPSA) is 70.1 Å². The summed E-state index contributed by atoms with van der Waals surface area (Å²) in [5.41, 5.74) is 5.11. The molecule has 3 atom stereocenters. The van der Waals surface area contributed by atoms with Crippen LogP contribution in [0.1, 0.15) is 24.9 Å². The maximum absolute atomic E-state index is 13.6. The summed E-state index contributed by atoms with van der Waals surface area (Å²) >= 11 is 3.07. The molecular formula is C16H16BrF6N3O. The number of carbonyl (C=O) groups excluding carboxylic acids is 1. The first kappa shape index (κ1) is 23.2. The van der Waals surface area contributed by atoms with Crippen LogP contribution in [0.4, 0.5) is 26.3 Å². The van der Waals surface area contributed by atoms with Gasteiger partial charge in [-0.2, -0.15) is 31.6 Å². The van der Waals surface area contributed by atoms with E-state index in [4.69, 9.17) is 11.0 Å². The zero-order chi connectivity index (χ0) is 21.0. The Morgan fingerprint density at radius 1 is 1.19 bits per heavy atom. The van der Waals surface area contributed by atoms with Crippen LogP contribution in [0, 0.1) is 17.2 Å². The van der Waals surface area contributed by atoms with Crippen LogP contribution < -0.4 is 5.73 Å². The molecule has 0 radical (unpaired) electrons. The molecule has 0 aliphatic carbocycles. The van der Waals surface area contributed by atoms with Crippen molar-refractivity contribution in [3.8, 4) is 6.07 Å². The molecule has 0 aromatic heterocycles. The number of nitrogens with two attached hydrogens (primary N) is 1. The van der Waals surface area contributed by atoms with Gasteiger partial charge in [-0.15, -0.1) is 0 Å². The largest absolute Gasteiger partial charge is 0.413 e. The highest BCUT2D eigenvalue weighted by Gasteiger charge is 2.48. The number of halogens is 7. The summed E-state index contributed by atoms with van der Waals surface area (Å²) < 4.78 is 79.3. The van der Waals surface area contributed by atoms with E-state index < -0.39 is 49.2 Å². The van der Waals surface area contributed by atoms with E-state index in [9.17, 15) is 31.1 Å². The second-order valence-corrected chi connectivity index (χ2v) is 6.82. The molecule has 27 heavy (non-hydrogen) atoms. The number of carbonyl (C=O) groups is 1. The summed E-state index contributed by atoms with van der Waals surface area (Å²) in [6, 6.07) is 1.92. The summed E-state index contributed by atoms with van der Waals surface area (Å²) in [5.74, 6) is -3.37. The molecule has 0 bridgehead atoms. The van der Waals surface area contributed by atoms with Gasteiger partial charge in [0.25, 0.3) is 0 Å². The third-order valence-electron chi connectivity index (χ3n) is 3.82. The molecule has 0 heterocycles. The van der Waals surface area contributed by atoms with Crippen molar-refractivity contribution in [3.63, 3.8) is 0 Å². The predicted octanol–water partition coefficient (Wildman–Crippen LogP) is 4.32. The maximum atomic E-state index is 13.6. The van der Waals surface area contributed by atoms with E-state index in [0.29, 0.717) is 4.47 Å². The lowest BCUT2D eigenvalue weighted by Gasteiger charge is -2.34. The van der Waals surface area contributed by atoms with Gasteiger partial charge in [0.05, 0.1) is 18.0 Å². The van der Waals surface area contributed by atoms with Crippen LogP contribution in [0.2, 0.25) is 0 Å². The number of rotatable bonds is 6. The van der Waals surface area contributed by atoms with Gasteiger partial charge in [-0.25, -0.2) is 0 Å². The van der Waals surface area contributed by atoms with Gasteiger partial charge in [-0.1, -0.05) is 35.0 Å². The Morgan fingerprint density at radius 3 is 2.11 bits per heavy atom. The minimum absolute atomic E-state index is 0.164. The number of amides is 1. The minimum Gasteiger partial charge on any atom is -0.320 e. The van der Waals surface area contributed by atoms with Gasteiger partial charge in [-0.3, -0.25) is 4.79 Å². The van der Waals surface area contributed by atoms with E-state index in [1.807, 2.05) is 0 Å². The van der Waals surface area contributed by atoms with E-state index in [1.54, 1.807) is 0 Å². The maximum Gasteiger partial charge on any atom is 0.413 e. The predicted molar refractivity (Wildman–Crippen MR) is 88.1 cm³/mol. The monoisotopic (exact) mass is 459 g/mol. The average molecular weight is 460 g/mol. The standard InChI is InChI=1S/C16H16BrF6N3O/c1-9(15(18,19)20)8-12(25)14(27)26(7-6-24)13(16(21,22)23)10-2-4-11(17)5-3-10/h2-5,9,12-13H,7-8,25H2,1H3/t9?,12-,13-/m0/s1. The van der Waals surface area contributed by atoms with E-state index in [2.05, 4.69) is 15.9 Å². The average Bonchev–Trinajstić information content (AvgIpc) is 2.53. The number of nitriles is 1. The fourth-order valence-electron chi connectivity index (χ4n) is 2.39. The zero-order valence-corrected chi connectivity index (χ0v) is 15.6. The molecule has 2 N–H and O–H groups in total. The Hall–Kier alpha value is -1.80. The van der Waals surface area contributed by atoms with Gasteiger partial charge in [0.1, 0.15) is 6.54 Å². The lowest BCUT2D eigenvalue weighted by Crippen LogP contribution is -2.50. The summed E-state index contributed by atoms with van der Waals surface area (Å²) in [6.45, 7) is -0.203. The molecule has 0 saturated heterocycles. The third-order valence-corrected chi connectivity index (χ3v) is 4.34. The van der Waals surface area contributed by atoms with Gasteiger partial charge in [0, 0.05) is 4.47 Å². The summed E-state index contributed by atoms with van der Waals surface area (Å²) in [6.07, 6.45) is -10.5. The molecule has 1 amide bonds. The highest BCUT2D eigenvalue weighted by atomic mass is 79.9. The van der Waals surface area contributed by atoms with Crippen LogP contribution in [0.15, 0.2) is 28.7 Å². The highest BCUT2D eigenvalue weighted by molar-refractivity contribution is 9.10. The van der Waals surface area contributed by atoms with Gasteiger partial charge in [-0.05, 0) is 24.1 Å². The summed E-state index contributed by atoms with van der Waals surface area (Å²) in [4.78, 5) is 12.6. The fourth-order valence-corrected chi connectivity index (χ4v) is 2.66. The van der Waals surface area contributed by atoms with Crippen molar-refractivity contribution in [2.45, 2.75) is 37.8 Å². The molecule has 0 spiro atoms. The normalized spacial score (nSPS) is 15.6. The number of alkyl halides is 6. The quantitative estimate of drug-likeness (QED) is 0.508. The van der Waals surface area contributed by atoms with Gasteiger partial charge >= 0.3 is 12.4 Å². The number of hydrogen-bond donors (Lipinski definition) is 1. The number of nitrogens with zero attached hydrogens (tertiary/aromatic N) is 2. The smallest absolute Gasteiger partial charge is 0.320 e. The van der Waals surface area contributed by atoms with Gasteiger partial charge < -0.3 is 10.6 Å². The first-order valence-electron chi connectivity index (χ1n) is 7.61. The van der Waals surface area contributed by atoms with Crippen LogP contribution >= 0.6 is 15.9 Å². The van der Waals surface area contributed by atoms with Crippen LogP contribution in [0.5, 0.6) is 0 Å². The SMILES string of the molecule is CC(C[C@H](N)C(=O)N(CC#N)[C@@H](c1ccc(Br)cc1)C(F)(F)F)C(F)(F)F. The second-order valence-electron chi connectivity index (χ2n) is 5.90. The van der Waals surface area contributed by atoms with E-state index >= 15 is 0 Å². The Bertz CT molecular complexity index is 683. The van der Waals surface area contributed by atoms with Crippen molar-refractivity contribution < 1.29 is 31.1 Å². The van der Waals surface area contributed by atoms with Crippen molar-refractivity contribution in [1.82, 2.24) is 4.90 Å². The molecule has 11 heteroatoms. The third kappa shape index (κ3) is 6.39. The summed E-state index contributed by atoms with van der Waals surface area (Å²) in [7, 11) is 0. The molecule has 0 saturated carbocycles. The Kier molecular flexibility index (Phi) is 7.68. The molecule has 150 valence electrons. The summed E-state index contributed by atoms with van der Waals surface area (Å²) in [5, 5.41) is 8.84. The van der Waals surface area contributed by atoms with Crippen molar-refractivity contribution >= 4 is 21.8 Å². The molecule has 0 fully saturated rings. The molecular weight excluding hydrogens is 444 g/mol. The van der Waals surface area contributed by atoms with Crippen LogP contribution in [0.25, 0.3) is 0 Å². The Morgan fingerprint density at radius 2 is 1.70 bits per heavy atom. The van der Waals surface area contributed by atoms with E-state index in [1.165, 1.54) is 18.2 Å². The molecule has 0 aliphatic heterocycles. The first-order valence-corrected chi connectivity index (χ1v) is 8.40. The Balaban J connectivity index is 3.23. The molecule has 1 aromatic rings. The Labute approximate surface area is 160 Å². The van der Waals surface area contributed by atoms with E-state index in [-0.39, 0.29) is 10.5 Å². The molecule has 1 unspecified atom stereocenters. The van der Waals surface area contributed by atoms with Crippen molar-refractivity contribution in [1.29, 1.82) is 5.26 Å². The van der Waals surface area contributed by atoms with Crippen LogP contribution in [-0.2, 0) is 4.79 Å². The van der Waals surface area contributed by atoms with E-state index in [0.717, 1.165) is 19.1 Å². The molecule has 1 aromatic carbocycles. The van der Waals surface area contributed by atoms with Crippen molar-refractivity contribution in [3.05, 3.63) is 34.3 Å². The molecule has 1 rings (SSSR count). The molecule has 0 aliphatic rings. The van der Waals surface area contributed by atoms with Crippen LogP contribution in [0.3, 0.4) is 0 Å². The van der Waals surface area contributed by atoms with Crippen molar-refractivity contribution in [2.75, 3.05) is 6.54 Å². The minimum atomic E-state index is -4.96. The van der Waals surface area contributed by atoms with Crippen LogP contribution in [-0.4, -0.2) is 35.7 Å². The lowest BCUT2D eigenvalue weighted by atomic mass is 9.98. The highest BCUT2D eigenvalue weighted by Crippen LogP contribution is 2.39. The fraction of sp³-hybridized carbons (Fsp3) is 0.500. The number of hydrogen-bond acceptors (Lipinski definition) is 3.